The highest BCUT2D eigenvalue weighted by Gasteiger charge is 2.45. The summed E-state index contributed by atoms with van der Waals surface area (Å²) in [7, 11) is 0. The van der Waals surface area contributed by atoms with E-state index in [1.165, 1.54) is 18.6 Å². The van der Waals surface area contributed by atoms with E-state index in [-0.39, 0.29) is 11.8 Å². The van der Waals surface area contributed by atoms with Crippen molar-refractivity contribution in [2.75, 3.05) is 12.3 Å². The lowest BCUT2D eigenvalue weighted by Gasteiger charge is -2.09. The van der Waals surface area contributed by atoms with Crippen LogP contribution >= 0.6 is 11.8 Å². The van der Waals surface area contributed by atoms with Gasteiger partial charge in [-0.1, -0.05) is 0 Å². The predicted octanol–water partition coefficient (Wildman–Crippen LogP) is 2.39. The van der Waals surface area contributed by atoms with E-state index in [4.69, 9.17) is 4.42 Å². The summed E-state index contributed by atoms with van der Waals surface area (Å²) in [6.45, 7) is 0.838. The maximum Gasteiger partial charge on any atom is 0.223 e. The highest BCUT2D eigenvalue weighted by Crippen LogP contribution is 2.47. The van der Waals surface area contributed by atoms with Gasteiger partial charge in [-0.15, -0.1) is 0 Å². The molecule has 2 fully saturated rings. The SMILES string of the molecule is O=C(NC[C@@H]1CCCS1)[C@H]1C[C@H]1c1ccco1. The molecule has 1 N–H and O–H groups in total. The quantitative estimate of drug-likeness (QED) is 0.893. The number of furan rings is 1. The van der Waals surface area contributed by atoms with E-state index < -0.39 is 0 Å². The summed E-state index contributed by atoms with van der Waals surface area (Å²) in [6.07, 6.45) is 5.16. The topological polar surface area (TPSA) is 42.2 Å². The summed E-state index contributed by atoms with van der Waals surface area (Å²) in [6, 6.07) is 3.85. The first kappa shape index (κ1) is 11.2. The summed E-state index contributed by atoms with van der Waals surface area (Å²) < 4.78 is 5.33. The average molecular weight is 251 g/mol. The van der Waals surface area contributed by atoms with Gasteiger partial charge in [-0.3, -0.25) is 4.79 Å². The number of amides is 1. The molecule has 1 amide bonds. The molecule has 2 aliphatic rings. The number of carbonyl (C=O) groups is 1. The summed E-state index contributed by atoms with van der Waals surface area (Å²) in [5.74, 6) is 2.88. The van der Waals surface area contributed by atoms with Crippen molar-refractivity contribution in [1.29, 1.82) is 0 Å². The van der Waals surface area contributed by atoms with Crippen molar-refractivity contribution >= 4 is 17.7 Å². The van der Waals surface area contributed by atoms with E-state index in [0.29, 0.717) is 11.2 Å². The summed E-state index contributed by atoms with van der Waals surface area (Å²) in [5.41, 5.74) is 0. The first-order valence-electron chi connectivity index (χ1n) is 6.27. The lowest BCUT2D eigenvalue weighted by Crippen LogP contribution is -2.31. The fraction of sp³-hybridized carbons (Fsp3) is 0.615. The van der Waals surface area contributed by atoms with Gasteiger partial charge in [0.05, 0.1) is 6.26 Å². The van der Waals surface area contributed by atoms with Crippen LogP contribution in [0.5, 0.6) is 0 Å². The van der Waals surface area contributed by atoms with Crippen molar-refractivity contribution in [2.24, 2.45) is 5.92 Å². The van der Waals surface area contributed by atoms with Crippen LogP contribution in [0.25, 0.3) is 0 Å². The van der Waals surface area contributed by atoms with Gasteiger partial charge >= 0.3 is 0 Å². The van der Waals surface area contributed by atoms with Crippen molar-refractivity contribution in [3.05, 3.63) is 24.2 Å². The summed E-state index contributed by atoms with van der Waals surface area (Å²) >= 11 is 1.98. The largest absolute Gasteiger partial charge is 0.469 e. The minimum atomic E-state index is 0.146. The molecule has 0 aromatic carbocycles. The standard InChI is InChI=1S/C13H17NO2S/c15-13(14-8-9-3-2-6-17-9)11-7-10(11)12-4-1-5-16-12/h1,4-5,9-11H,2-3,6-8H2,(H,14,15)/t9-,10+,11-/m0/s1. The number of thioether (sulfide) groups is 1. The maximum absolute atomic E-state index is 11.9. The van der Waals surface area contributed by atoms with Gasteiger partial charge < -0.3 is 9.73 Å². The zero-order chi connectivity index (χ0) is 11.7. The fourth-order valence-corrected chi connectivity index (χ4v) is 3.65. The molecule has 0 spiro atoms. The van der Waals surface area contributed by atoms with Crippen molar-refractivity contribution in [3.8, 4) is 0 Å². The Morgan fingerprint density at radius 2 is 2.53 bits per heavy atom. The number of rotatable bonds is 4. The summed E-state index contributed by atoms with van der Waals surface area (Å²) in [5, 5.41) is 3.72. The fourth-order valence-electron chi connectivity index (χ4n) is 2.45. The van der Waals surface area contributed by atoms with Crippen molar-refractivity contribution in [3.63, 3.8) is 0 Å². The highest BCUT2D eigenvalue weighted by molar-refractivity contribution is 8.00. The van der Waals surface area contributed by atoms with Gasteiger partial charge in [-0.2, -0.15) is 11.8 Å². The third-order valence-corrected chi connectivity index (χ3v) is 4.96. The number of hydrogen-bond donors (Lipinski definition) is 1. The van der Waals surface area contributed by atoms with Gasteiger partial charge in [0.2, 0.25) is 5.91 Å². The summed E-state index contributed by atoms with van der Waals surface area (Å²) in [4.78, 5) is 11.9. The van der Waals surface area contributed by atoms with E-state index in [9.17, 15) is 4.79 Å². The molecule has 3 atom stereocenters. The van der Waals surface area contributed by atoms with Crippen molar-refractivity contribution in [2.45, 2.75) is 30.4 Å². The highest BCUT2D eigenvalue weighted by atomic mass is 32.2. The Morgan fingerprint density at radius 1 is 1.59 bits per heavy atom. The molecule has 1 saturated heterocycles. The van der Waals surface area contributed by atoms with Crippen LogP contribution < -0.4 is 5.32 Å². The molecule has 1 aromatic rings. The van der Waals surface area contributed by atoms with Crippen LogP contribution in [0.2, 0.25) is 0 Å². The molecule has 1 aliphatic heterocycles. The predicted molar refractivity (Wildman–Crippen MR) is 68.0 cm³/mol. The Kier molecular flexibility index (Phi) is 3.14. The molecule has 1 aliphatic carbocycles. The lowest BCUT2D eigenvalue weighted by molar-refractivity contribution is -0.122. The smallest absolute Gasteiger partial charge is 0.223 e. The van der Waals surface area contributed by atoms with Gasteiger partial charge in [-0.05, 0) is 37.1 Å². The lowest BCUT2D eigenvalue weighted by atomic mass is 10.2. The zero-order valence-electron chi connectivity index (χ0n) is 9.72. The van der Waals surface area contributed by atoms with E-state index in [2.05, 4.69) is 5.32 Å². The van der Waals surface area contributed by atoms with E-state index >= 15 is 0 Å². The molecule has 17 heavy (non-hydrogen) atoms. The Hall–Kier alpha value is -0.900. The molecule has 1 saturated carbocycles. The third-order valence-electron chi connectivity index (χ3n) is 3.56. The molecule has 3 nitrogen and oxygen atoms in total. The number of hydrogen-bond acceptors (Lipinski definition) is 3. The second kappa shape index (κ2) is 4.77. The Labute approximate surface area is 105 Å². The van der Waals surface area contributed by atoms with E-state index in [1.54, 1.807) is 6.26 Å². The first-order valence-corrected chi connectivity index (χ1v) is 7.32. The van der Waals surface area contributed by atoms with Crippen LogP contribution in [0.15, 0.2) is 22.8 Å². The maximum atomic E-state index is 11.9. The molecule has 3 rings (SSSR count). The van der Waals surface area contributed by atoms with E-state index in [1.807, 2.05) is 23.9 Å². The first-order chi connectivity index (χ1) is 8.34. The molecule has 2 heterocycles. The Bertz CT molecular complexity index is 384. The second-order valence-corrected chi connectivity index (χ2v) is 6.25. The Balaban J connectivity index is 1.45. The van der Waals surface area contributed by atoms with Crippen LogP contribution in [0, 0.1) is 5.92 Å². The van der Waals surface area contributed by atoms with Gasteiger partial charge in [0.25, 0.3) is 0 Å². The van der Waals surface area contributed by atoms with Crippen LogP contribution in [0.1, 0.15) is 30.9 Å². The molecule has 0 radical (unpaired) electrons. The van der Waals surface area contributed by atoms with E-state index in [0.717, 1.165) is 18.7 Å². The normalized spacial score (nSPS) is 31.4. The molecule has 0 bridgehead atoms. The minimum absolute atomic E-state index is 0.146. The van der Waals surface area contributed by atoms with Gasteiger partial charge in [0.1, 0.15) is 5.76 Å². The van der Waals surface area contributed by atoms with Gasteiger partial charge in [0.15, 0.2) is 0 Å². The molecule has 92 valence electrons. The molecule has 0 unspecified atom stereocenters. The molecular formula is C13H17NO2S. The monoisotopic (exact) mass is 251 g/mol. The Morgan fingerprint density at radius 3 is 3.24 bits per heavy atom. The number of nitrogens with one attached hydrogen (secondary N) is 1. The molecular weight excluding hydrogens is 234 g/mol. The zero-order valence-corrected chi connectivity index (χ0v) is 10.5. The molecule has 4 heteroatoms. The third kappa shape index (κ3) is 2.51. The van der Waals surface area contributed by atoms with Crippen molar-refractivity contribution in [1.82, 2.24) is 5.32 Å². The minimum Gasteiger partial charge on any atom is -0.469 e. The second-order valence-electron chi connectivity index (χ2n) is 4.84. The van der Waals surface area contributed by atoms with Gasteiger partial charge in [0, 0.05) is 23.6 Å². The van der Waals surface area contributed by atoms with Crippen molar-refractivity contribution < 1.29 is 9.21 Å². The van der Waals surface area contributed by atoms with Crippen LogP contribution in [-0.2, 0) is 4.79 Å². The van der Waals surface area contributed by atoms with Gasteiger partial charge in [-0.25, -0.2) is 0 Å². The average Bonchev–Trinajstić information content (AvgIpc) is 2.82. The van der Waals surface area contributed by atoms with Crippen LogP contribution in [-0.4, -0.2) is 23.5 Å². The van der Waals surface area contributed by atoms with Crippen LogP contribution in [0.4, 0.5) is 0 Å². The van der Waals surface area contributed by atoms with Crippen LogP contribution in [0.3, 0.4) is 0 Å². The molecule has 1 aromatic heterocycles. The number of carbonyl (C=O) groups excluding carboxylic acids is 1.